The van der Waals surface area contributed by atoms with Crippen molar-refractivity contribution in [1.29, 1.82) is 0 Å². The molecular formula is C9H15N3O2. The number of carboxylic acids is 1. The van der Waals surface area contributed by atoms with Crippen molar-refractivity contribution in [3.63, 3.8) is 0 Å². The van der Waals surface area contributed by atoms with Crippen LogP contribution in [0.3, 0.4) is 0 Å². The van der Waals surface area contributed by atoms with Crippen LogP contribution in [0.4, 0.5) is 0 Å². The lowest BCUT2D eigenvalue weighted by Crippen LogP contribution is -2.23. The maximum absolute atomic E-state index is 10.7. The van der Waals surface area contributed by atoms with Crippen LogP contribution in [0.15, 0.2) is 6.20 Å². The molecule has 5 heteroatoms. The molecule has 1 aromatic heterocycles. The van der Waals surface area contributed by atoms with E-state index < -0.39 is 5.97 Å². The normalized spacial score (nSPS) is 10.9. The Kier molecular flexibility index (Phi) is 3.24. The van der Waals surface area contributed by atoms with Crippen molar-refractivity contribution in [2.24, 2.45) is 7.05 Å². The zero-order valence-corrected chi connectivity index (χ0v) is 8.61. The van der Waals surface area contributed by atoms with Crippen LogP contribution in [0.5, 0.6) is 0 Å². The average molecular weight is 197 g/mol. The SMILES string of the molecule is CC(C)NCc1cnc(C(=O)O)n1C. The van der Waals surface area contributed by atoms with E-state index in [0.29, 0.717) is 12.6 Å². The number of aromatic carboxylic acids is 1. The fourth-order valence-corrected chi connectivity index (χ4v) is 1.12. The highest BCUT2D eigenvalue weighted by molar-refractivity contribution is 5.83. The molecule has 14 heavy (non-hydrogen) atoms. The molecule has 1 heterocycles. The lowest BCUT2D eigenvalue weighted by Gasteiger charge is -2.08. The zero-order chi connectivity index (χ0) is 10.7. The highest BCUT2D eigenvalue weighted by atomic mass is 16.4. The summed E-state index contributed by atoms with van der Waals surface area (Å²) in [5.74, 6) is -0.922. The first-order valence-electron chi connectivity index (χ1n) is 4.49. The van der Waals surface area contributed by atoms with Gasteiger partial charge in [0.05, 0.1) is 11.9 Å². The first-order valence-corrected chi connectivity index (χ1v) is 4.49. The molecule has 5 nitrogen and oxygen atoms in total. The minimum absolute atomic E-state index is 0.0746. The Morgan fingerprint density at radius 2 is 2.36 bits per heavy atom. The summed E-state index contributed by atoms with van der Waals surface area (Å²) in [6, 6.07) is 0.373. The number of carbonyl (C=O) groups is 1. The lowest BCUT2D eigenvalue weighted by molar-refractivity contribution is 0.0679. The summed E-state index contributed by atoms with van der Waals surface area (Å²) in [6.07, 6.45) is 1.58. The highest BCUT2D eigenvalue weighted by Crippen LogP contribution is 2.02. The molecule has 0 radical (unpaired) electrons. The van der Waals surface area contributed by atoms with Crippen LogP contribution in [0.2, 0.25) is 0 Å². The molecule has 0 saturated carbocycles. The van der Waals surface area contributed by atoms with Crippen LogP contribution in [0.25, 0.3) is 0 Å². The van der Waals surface area contributed by atoms with Crippen molar-refractivity contribution in [3.05, 3.63) is 17.7 Å². The third-order valence-electron chi connectivity index (χ3n) is 1.97. The lowest BCUT2D eigenvalue weighted by atomic mass is 10.3. The molecule has 0 aliphatic carbocycles. The van der Waals surface area contributed by atoms with Crippen molar-refractivity contribution in [2.75, 3.05) is 0 Å². The van der Waals surface area contributed by atoms with Crippen LogP contribution in [0.1, 0.15) is 30.2 Å². The predicted octanol–water partition coefficient (Wildman–Crippen LogP) is 0.616. The summed E-state index contributed by atoms with van der Waals surface area (Å²) in [4.78, 5) is 14.5. The third-order valence-corrected chi connectivity index (χ3v) is 1.97. The molecule has 1 rings (SSSR count). The van der Waals surface area contributed by atoms with Crippen molar-refractivity contribution in [2.45, 2.75) is 26.4 Å². The van der Waals surface area contributed by atoms with Crippen LogP contribution >= 0.6 is 0 Å². The Bertz CT molecular complexity index is 331. The number of hydrogen-bond donors (Lipinski definition) is 2. The van der Waals surface area contributed by atoms with E-state index in [1.807, 2.05) is 13.8 Å². The molecule has 0 fully saturated rings. The first kappa shape index (κ1) is 10.7. The molecule has 0 amide bonds. The minimum Gasteiger partial charge on any atom is -0.475 e. The maximum Gasteiger partial charge on any atom is 0.372 e. The smallest absolute Gasteiger partial charge is 0.372 e. The van der Waals surface area contributed by atoms with Crippen LogP contribution < -0.4 is 5.32 Å². The third kappa shape index (κ3) is 2.32. The number of imidazole rings is 1. The van der Waals surface area contributed by atoms with Gasteiger partial charge in [-0.25, -0.2) is 9.78 Å². The summed E-state index contributed by atoms with van der Waals surface area (Å²) in [7, 11) is 1.70. The van der Waals surface area contributed by atoms with E-state index in [1.54, 1.807) is 17.8 Å². The molecule has 0 unspecified atom stereocenters. The quantitative estimate of drug-likeness (QED) is 0.742. The summed E-state index contributed by atoms with van der Waals surface area (Å²) >= 11 is 0. The van der Waals surface area contributed by atoms with Gasteiger partial charge in [0, 0.05) is 19.6 Å². The van der Waals surface area contributed by atoms with E-state index in [0.717, 1.165) is 5.69 Å². The largest absolute Gasteiger partial charge is 0.475 e. The van der Waals surface area contributed by atoms with Crippen molar-refractivity contribution < 1.29 is 9.90 Å². The Balaban J connectivity index is 2.74. The molecule has 0 bridgehead atoms. The topological polar surface area (TPSA) is 67.2 Å². The first-order chi connectivity index (χ1) is 6.52. The van der Waals surface area contributed by atoms with Gasteiger partial charge in [-0.15, -0.1) is 0 Å². The molecule has 0 aromatic carbocycles. The second-order valence-corrected chi connectivity index (χ2v) is 3.47. The Morgan fingerprint density at radius 1 is 1.71 bits per heavy atom. The van der Waals surface area contributed by atoms with E-state index in [2.05, 4.69) is 10.3 Å². The van der Waals surface area contributed by atoms with Crippen LogP contribution in [0, 0.1) is 0 Å². The molecule has 78 valence electrons. The Morgan fingerprint density at radius 3 is 2.79 bits per heavy atom. The zero-order valence-electron chi connectivity index (χ0n) is 8.61. The van der Waals surface area contributed by atoms with Gasteiger partial charge < -0.3 is 15.0 Å². The number of aromatic nitrogens is 2. The average Bonchev–Trinajstić information content (AvgIpc) is 2.43. The van der Waals surface area contributed by atoms with Gasteiger partial charge in [0.2, 0.25) is 5.82 Å². The van der Waals surface area contributed by atoms with Gasteiger partial charge in [-0.05, 0) is 0 Å². The molecule has 1 aromatic rings. The second kappa shape index (κ2) is 4.23. The molecule has 0 spiro atoms. The van der Waals surface area contributed by atoms with Gasteiger partial charge in [-0.1, -0.05) is 13.8 Å². The Labute approximate surface area is 82.8 Å². The summed E-state index contributed by atoms with van der Waals surface area (Å²) in [6.45, 7) is 4.71. The van der Waals surface area contributed by atoms with Gasteiger partial charge in [0.15, 0.2) is 0 Å². The standard InChI is InChI=1S/C9H15N3O2/c1-6(2)10-4-7-5-11-8(9(13)14)12(7)3/h5-6,10H,4H2,1-3H3,(H,13,14). The molecule has 0 saturated heterocycles. The number of rotatable bonds is 4. The number of nitrogens with zero attached hydrogens (tertiary/aromatic N) is 2. The summed E-state index contributed by atoms with van der Waals surface area (Å²) in [5.41, 5.74) is 0.871. The van der Waals surface area contributed by atoms with Gasteiger partial charge in [-0.2, -0.15) is 0 Å². The minimum atomic E-state index is -0.997. The number of carboxylic acid groups (broad SMARTS) is 1. The predicted molar refractivity (Wildman–Crippen MR) is 52.1 cm³/mol. The van der Waals surface area contributed by atoms with E-state index in [9.17, 15) is 4.79 Å². The molecule has 0 aliphatic heterocycles. The number of hydrogen-bond acceptors (Lipinski definition) is 3. The van der Waals surface area contributed by atoms with E-state index in [-0.39, 0.29) is 5.82 Å². The molecule has 0 aliphatic rings. The highest BCUT2D eigenvalue weighted by Gasteiger charge is 2.12. The molecule has 2 N–H and O–H groups in total. The Hall–Kier alpha value is -1.36. The van der Waals surface area contributed by atoms with E-state index >= 15 is 0 Å². The van der Waals surface area contributed by atoms with Crippen LogP contribution in [-0.4, -0.2) is 26.7 Å². The van der Waals surface area contributed by atoms with Gasteiger partial charge >= 0.3 is 5.97 Å². The summed E-state index contributed by atoms with van der Waals surface area (Å²) in [5, 5.41) is 12.0. The van der Waals surface area contributed by atoms with Crippen molar-refractivity contribution in [1.82, 2.24) is 14.9 Å². The van der Waals surface area contributed by atoms with E-state index in [1.165, 1.54) is 0 Å². The molecule has 0 atom stereocenters. The fourth-order valence-electron chi connectivity index (χ4n) is 1.12. The fraction of sp³-hybridized carbons (Fsp3) is 0.556. The van der Waals surface area contributed by atoms with Crippen molar-refractivity contribution in [3.8, 4) is 0 Å². The number of nitrogens with one attached hydrogen (secondary N) is 1. The monoisotopic (exact) mass is 197 g/mol. The van der Waals surface area contributed by atoms with Gasteiger partial charge in [0.25, 0.3) is 0 Å². The molecular weight excluding hydrogens is 182 g/mol. The van der Waals surface area contributed by atoms with Gasteiger partial charge in [0.1, 0.15) is 0 Å². The maximum atomic E-state index is 10.7. The van der Waals surface area contributed by atoms with Crippen LogP contribution in [-0.2, 0) is 13.6 Å². The summed E-state index contributed by atoms with van der Waals surface area (Å²) < 4.78 is 1.58. The van der Waals surface area contributed by atoms with Crippen molar-refractivity contribution >= 4 is 5.97 Å². The van der Waals surface area contributed by atoms with Gasteiger partial charge in [-0.3, -0.25) is 0 Å². The van der Waals surface area contributed by atoms with E-state index in [4.69, 9.17) is 5.11 Å². The second-order valence-electron chi connectivity index (χ2n) is 3.47.